The van der Waals surface area contributed by atoms with Gasteiger partial charge in [-0.15, -0.1) is 0 Å². The van der Waals surface area contributed by atoms with Crippen molar-refractivity contribution in [2.24, 2.45) is 0 Å². The minimum Gasteiger partial charge on any atom is -0.338 e. The van der Waals surface area contributed by atoms with E-state index >= 15 is 0 Å². The number of H-pyrrole nitrogens is 2. The van der Waals surface area contributed by atoms with Crippen molar-refractivity contribution in [1.29, 1.82) is 0 Å². The van der Waals surface area contributed by atoms with E-state index in [9.17, 15) is 9.59 Å². The number of pyridine rings is 1. The minimum absolute atomic E-state index is 0.147. The molecule has 1 atom stereocenters. The van der Waals surface area contributed by atoms with Crippen LogP contribution in [0.4, 0.5) is 0 Å². The maximum atomic E-state index is 13.0. The van der Waals surface area contributed by atoms with Crippen LogP contribution in [0.5, 0.6) is 0 Å². The first-order valence-electron chi connectivity index (χ1n) is 9.18. The van der Waals surface area contributed by atoms with E-state index in [1.54, 1.807) is 0 Å². The molecule has 1 aliphatic carbocycles. The molecule has 6 nitrogen and oxygen atoms in total. The summed E-state index contributed by atoms with van der Waals surface area (Å²) < 4.78 is 0. The number of fused-ring (bicyclic) bond motifs is 1. The molecule has 0 spiro atoms. The molecule has 2 aromatic rings. The summed E-state index contributed by atoms with van der Waals surface area (Å²) >= 11 is 0. The van der Waals surface area contributed by atoms with Gasteiger partial charge in [0.15, 0.2) is 0 Å². The largest absolute Gasteiger partial charge is 0.338 e. The smallest absolute Gasteiger partial charge is 0.261 e. The monoisotopic (exact) mass is 340 g/mol. The topological polar surface area (TPSA) is 81.8 Å². The van der Waals surface area contributed by atoms with Crippen molar-refractivity contribution in [2.45, 2.75) is 51.4 Å². The summed E-state index contributed by atoms with van der Waals surface area (Å²) in [5, 5.41) is 7.33. The summed E-state index contributed by atoms with van der Waals surface area (Å²) in [5.74, 6) is 0.0888. The number of hydrogen-bond acceptors (Lipinski definition) is 3. The molecule has 0 unspecified atom stereocenters. The third kappa shape index (κ3) is 3.13. The number of likely N-dealkylation sites (tertiary alicyclic amines) is 1. The van der Waals surface area contributed by atoms with Gasteiger partial charge in [0.1, 0.15) is 5.56 Å². The van der Waals surface area contributed by atoms with Gasteiger partial charge < -0.3 is 9.88 Å². The van der Waals surface area contributed by atoms with E-state index < -0.39 is 0 Å². The highest BCUT2D eigenvalue weighted by Gasteiger charge is 2.28. The highest BCUT2D eigenvalue weighted by Crippen LogP contribution is 2.27. The number of nitrogens with one attached hydrogen (secondary N) is 2. The molecule has 0 saturated carbocycles. The SMILES string of the molecule is Cc1cc([C@@H]2CCCN(C(=O)c3cc4c([nH]c3=O)CCCC4)C2)n[nH]1. The van der Waals surface area contributed by atoms with Crippen LogP contribution in [0.3, 0.4) is 0 Å². The lowest BCUT2D eigenvalue weighted by Gasteiger charge is -2.32. The van der Waals surface area contributed by atoms with E-state index in [0.717, 1.165) is 61.2 Å². The lowest BCUT2D eigenvalue weighted by atomic mass is 9.93. The number of piperidine rings is 1. The van der Waals surface area contributed by atoms with Crippen molar-refractivity contribution >= 4 is 5.91 Å². The Hall–Kier alpha value is -2.37. The summed E-state index contributed by atoms with van der Waals surface area (Å²) in [5.41, 5.74) is 4.23. The molecule has 25 heavy (non-hydrogen) atoms. The number of aryl methyl sites for hydroxylation is 3. The Bertz CT molecular complexity index is 851. The van der Waals surface area contributed by atoms with Gasteiger partial charge in [0.05, 0.1) is 5.69 Å². The van der Waals surface area contributed by atoms with E-state index in [1.165, 1.54) is 0 Å². The zero-order chi connectivity index (χ0) is 17.4. The Morgan fingerprint density at radius 3 is 2.88 bits per heavy atom. The Kier molecular flexibility index (Phi) is 4.19. The van der Waals surface area contributed by atoms with Crippen LogP contribution < -0.4 is 5.56 Å². The van der Waals surface area contributed by atoms with Crippen LogP contribution in [-0.4, -0.2) is 39.1 Å². The van der Waals surface area contributed by atoms with Crippen molar-refractivity contribution in [2.75, 3.05) is 13.1 Å². The Morgan fingerprint density at radius 1 is 1.24 bits per heavy atom. The highest BCUT2D eigenvalue weighted by molar-refractivity contribution is 5.94. The lowest BCUT2D eigenvalue weighted by Crippen LogP contribution is -2.41. The molecule has 1 fully saturated rings. The van der Waals surface area contributed by atoms with Crippen molar-refractivity contribution in [3.8, 4) is 0 Å². The molecule has 2 aliphatic rings. The average molecular weight is 340 g/mol. The molecule has 0 radical (unpaired) electrons. The Labute approximate surface area is 146 Å². The zero-order valence-corrected chi connectivity index (χ0v) is 14.6. The van der Waals surface area contributed by atoms with Gasteiger partial charge in [-0.2, -0.15) is 5.10 Å². The number of hydrogen-bond donors (Lipinski definition) is 2. The third-order valence-electron chi connectivity index (χ3n) is 5.42. The fourth-order valence-corrected chi connectivity index (χ4v) is 4.06. The molecule has 2 N–H and O–H groups in total. The van der Waals surface area contributed by atoms with E-state index in [2.05, 4.69) is 15.2 Å². The molecule has 1 saturated heterocycles. The Morgan fingerprint density at radius 2 is 2.08 bits per heavy atom. The summed E-state index contributed by atoms with van der Waals surface area (Å²) in [6.45, 7) is 3.31. The summed E-state index contributed by atoms with van der Waals surface area (Å²) in [4.78, 5) is 30.1. The van der Waals surface area contributed by atoms with Crippen LogP contribution in [0.1, 0.15) is 64.6 Å². The van der Waals surface area contributed by atoms with Gasteiger partial charge in [-0.25, -0.2) is 0 Å². The second kappa shape index (κ2) is 6.50. The van der Waals surface area contributed by atoms with Crippen LogP contribution in [-0.2, 0) is 12.8 Å². The zero-order valence-electron chi connectivity index (χ0n) is 14.6. The number of aromatic amines is 2. The molecular formula is C19H24N4O2. The van der Waals surface area contributed by atoms with Crippen molar-refractivity contribution in [3.63, 3.8) is 0 Å². The second-order valence-corrected chi connectivity index (χ2v) is 7.29. The first-order valence-corrected chi connectivity index (χ1v) is 9.18. The van der Waals surface area contributed by atoms with Crippen molar-refractivity contribution in [1.82, 2.24) is 20.1 Å². The number of carbonyl (C=O) groups excluding carboxylic acids is 1. The molecule has 3 heterocycles. The maximum absolute atomic E-state index is 13.0. The standard InChI is InChI=1S/C19H24N4O2/c1-12-9-17(22-21-12)14-6-4-8-23(11-14)19(25)15-10-13-5-2-3-7-16(13)20-18(15)24/h9-10,14H,2-8,11H2,1H3,(H,20,24)(H,21,22)/t14-/m1/s1. The van der Waals surface area contributed by atoms with Gasteiger partial charge >= 0.3 is 0 Å². The van der Waals surface area contributed by atoms with E-state index in [4.69, 9.17) is 0 Å². The van der Waals surface area contributed by atoms with Gasteiger partial charge in [-0.1, -0.05) is 0 Å². The van der Waals surface area contributed by atoms with E-state index in [-0.39, 0.29) is 17.4 Å². The fourth-order valence-electron chi connectivity index (χ4n) is 4.06. The predicted molar refractivity (Wildman–Crippen MR) is 94.9 cm³/mol. The first-order chi connectivity index (χ1) is 12.1. The Balaban J connectivity index is 1.57. The molecule has 1 aliphatic heterocycles. The second-order valence-electron chi connectivity index (χ2n) is 7.29. The van der Waals surface area contributed by atoms with Gasteiger partial charge in [0.25, 0.3) is 11.5 Å². The lowest BCUT2D eigenvalue weighted by molar-refractivity contribution is 0.0704. The molecular weight excluding hydrogens is 316 g/mol. The summed E-state index contributed by atoms with van der Waals surface area (Å²) in [7, 11) is 0. The quantitative estimate of drug-likeness (QED) is 0.880. The number of aromatic nitrogens is 3. The molecule has 132 valence electrons. The maximum Gasteiger partial charge on any atom is 0.261 e. The molecule has 0 aromatic carbocycles. The third-order valence-corrected chi connectivity index (χ3v) is 5.42. The minimum atomic E-state index is -0.247. The average Bonchev–Trinajstić information content (AvgIpc) is 3.07. The van der Waals surface area contributed by atoms with Crippen molar-refractivity contribution in [3.05, 3.63) is 50.7 Å². The molecule has 1 amide bonds. The van der Waals surface area contributed by atoms with Crippen LogP contribution in [0.15, 0.2) is 16.9 Å². The predicted octanol–water partition coefficient (Wildman–Crippen LogP) is 2.31. The molecule has 2 aromatic heterocycles. The van der Waals surface area contributed by atoms with Gasteiger partial charge in [0.2, 0.25) is 0 Å². The van der Waals surface area contributed by atoms with Crippen LogP contribution >= 0.6 is 0 Å². The fraction of sp³-hybridized carbons (Fsp3) is 0.526. The number of nitrogens with zero attached hydrogens (tertiary/aromatic N) is 2. The van der Waals surface area contributed by atoms with Gasteiger partial charge in [-0.05, 0) is 63.1 Å². The van der Waals surface area contributed by atoms with Gasteiger partial charge in [-0.3, -0.25) is 14.7 Å². The van der Waals surface area contributed by atoms with Crippen LogP contribution in [0, 0.1) is 6.92 Å². The summed E-state index contributed by atoms with van der Waals surface area (Å²) in [6, 6.07) is 3.88. The number of rotatable bonds is 2. The molecule has 4 rings (SSSR count). The van der Waals surface area contributed by atoms with Gasteiger partial charge in [0, 0.05) is 30.4 Å². The van der Waals surface area contributed by atoms with Crippen molar-refractivity contribution < 1.29 is 4.79 Å². The molecule has 0 bridgehead atoms. The van der Waals surface area contributed by atoms with E-state index in [0.29, 0.717) is 18.7 Å². The normalized spacial score (nSPS) is 20.4. The summed E-state index contributed by atoms with van der Waals surface area (Å²) in [6.07, 6.45) is 6.04. The van der Waals surface area contributed by atoms with Crippen LogP contribution in [0.25, 0.3) is 0 Å². The molecule has 6 heteroatoms. The van der Waals surface area contributed by atoms with E-state index in [1.807, 2.05) is 24.0 Å². The number of amides is 1. The highest BCUT2D eigenvalue weighted by atomic mass is 16.2. The number of carbonyl (C=O) groups is 1. The first kappa shape index (κ1) is 16.1. The van der Waals surface area contributed by atoms with Crippen LogP contribution in [0.2, 0.25) is 0 Å².